The number of carbonyl (C=O) groups is 2. The first-order valence-corrected chi connectivity index (χ1v) is 8.21. The van der Waals surface area contributed by atoms with Crippen LogP contribution in [-0.4, -0.2) is 35.3 Å². The maximum absolute atomic E-state index is 12.5. The molecular weight excluding hydrogens is 310 g/mol. The second-order valence-corrected chi connectivity index (χ2v) is 6.53. The van der Waals surface area contributed by atoms with Crippen LogP contribution in [0.2, 0.25) is 0 Å². The van der Waals surface area contributed by atoms with Gasteiger partial charge in [-0.1, -0.05) is 18.2 Å². The molecule has 0 saturated carbocycles. The first-order chi connectivity index (χ1) is 11.3. The number of phenolic OH excluding ortho intramolecular Hbond substituents is 1. The molecule has 0 aliphatic carbocycles. The molecule has 1 aromatic carbocycles. The molecule has 0 unspecified atom stereocenters. The third-order valence-corrected chi connectivity index (χ3v) is 4.16. The van der Waals surface area contributed by atoms with Crippen molar-refractivity contribution in [3.05, 3.63) is 29.8 Å². The summed E-state index contributed by atoms with van der Waals surface area (Å²) in [6.45, 7) is 7.26. The molecule has 24 heavy (non-hydrogen) atoms. The van der Waals surface area contributed by atoms with E-state index < -0.39 is 23.5 Å². The molecule has 1 heterocycles. The van der Waals surface area contributed by atoms with Gasteiger partial charge in [0.05, 0.1) is 24.7 Å². The minimum Gasteiger partial charge on any atom is -0.508 e. The average Bonchev–Trinajstić information content (AvgIpc) is 2.87. The van der Waals surface area contributed by atoms with Crippen LogP contribution < -0.4 is 5.32 Å². The Bertz CT molecular complexity index is 615. The topological polar surface area (TPSA) is 84.9 Å². The quantitative estimate of drug-likeness (QED) is 0.803. The normalized spacial score (nSPS) is 26.4. The van der Waals surface area contributed by atoms with Crippen molar-refractivity contribution in [2.45, 2.75) is 51.8 Å². The van der Waals surface area contributed by atoms with Crippen LogP contribution in [0.5, 0.6) is 5.75 Å². The van der Waals surface area contributed by atoms with Crippen molar-refractivity contribution in [1.29, 1.82) is 0 Å². The van der Waals surface area contributed by atoms with E-state index in [0.29, 0.717) is 5.56 Å². The Morgan fingerprint density at radius 1 is 1.38 bits per heavy atom. The molecule has 0 amide bonds. The van der Waals surface area contributed by atoms with E-state index in [1.54, 1.807) is 52.0 Å². The Morgan fingerprint density at radius 3 is 2.62 bits per heavy atom. The van der Waals surface area contributed by atoms with E-state index in [-0.39, 0.29) is 30.9 Å². The Labute approximate surface area is 142 Å². The van der Waals surface area contributed by atoms with Gasteiger partial charge < -0.3 is 14.6 Å². The van der Waals surface area contributed by atoms with Gasteiger partial charge in [0.15, 0.2) is 0 Å². The molecule has 132 valence electrons. The van der Waals surface area contributed by atoms with E-state index in [0.717, 1.165) is 0 Å². The van der Waals surface area contributed by atoms with Gasteiger partial charge in [0.25, 0.3) is 0 Å². The summed E-state index contributed by atoms with van der Waals surface area (Å²) in [6.07, 6.45) is -0.00234. The highest BCUT2D eigenvalue weighted by molar-refractivity contribution is 5.84. The van der Waals surface area contributed by atoms with Crippen LogP contribution in [0.4, 0.5) is 0 Å². The zero-order chi connectivity index (χ0) is 17.9. The molecule has 6 heteroatoms. The first-order valence-electron chi connectivity index (χ1n) is 8.21. The van der Waals surface area contributed by atoms with E-state index in [1.807, 2.05) is 0 Å². The molecule has 1 aliphatic heterocycles. The van der Waals surface area contributed by atoms with Crippen molar-refractivity contribution in [3.8, 4) is 5.75 Å². The van der Waals surface area contributed by atoms with Crippen molar-refractivity contribution in [2.75, 3.05) is 6.61 Å². The number of rotatable bonds is 5. The number of ether oxygens (including phenoxy) is 2. The fourth-order valence-corrected chi connectivity index (χ4v) is 3.06. The zero-order valence-corrected chi connectivity index (χ0v) is 14.5. The summed E-state index contributed by atoms with van der Waals surface area (Å²) < 4.78 is 10.5. The molecule has 6 nitrogen and oxygen atoms in total. The highest BCUT2D eigenvalue weighted by Gasteiger charge is 2.51. The molecule has 1 aliphatic rings. The van der Waals surface area contributed by atoms with E-state index >= 15 is 0 Å². The van der Waals surface area contributed by atoms with Gasteiger partial charge in [0.1, 0.15) is 11.3 Å². The minimum atomic E-state index is -1.02. The fraction of sp³-hybridized carbons (Fsp3) is 0.556. The second kappa shape index (κ2) is 7.21. The summed E-state index contributed by atoms with van der Waals surface area (Å²) in [5, 5.41) is 13.3. The predicted molar refractivity (Wildman–Crippen MR) is 88.4 cm³/mol. The largest absolute Gasteiger partial charge is 0.508 e. The number of hydrogen-bond donors (Lipinski definition) is 2. The lowest BCUT2D eigenvalue weighted by Crippen LogP contribution is -2.47. The van der Waals surface area contributed by atoms with Gasteiger partial charge in [-0.2, -0.15) is 0 Å². The zero-order valence-electron chi connectivity index (χ0n) is 14.5. The summed E-state index contributed by atoms with van der Waals surface area (Å²) in [7, 11) is 0. The molecule has 1 saturated heterocycles. The van der Waals surface area contributed by atoms with Crippen LogP contribution in [0, 0.1) is 5.92 Å². The molecule has 2 N–H and O–H groups in total. The lowest BCUT2D eigenvalue weighted by atomic mass is 9.90. The summed E-state index contributed by atoms with van der Waals surface area (Å²) in [4.78, 5) is 24.8. The molecule has 0 aromatic heterocycles. The van der Waals surface area contributed by atoms with Gasteiger partial charge in [-0.15, -0.1) is 0 Å². The molecule has 0 spiro atoms. The number of para-hydroxylation sites is 1. The molecule has 1 aromatic rings. The fourth-order valence-electron chi connectivity index (χ4n) is 3.06. The Kier molecular flexibility index (Phi) is 5.49. The van der Waals surface area contributed by atoms with Gasteiger partial charge in [0, 0.05) is 5.56 Å². The molecular formula is C18H25NO5. The van der Waals surface area contributed by atoms with Crippen molar-refractivity contribution < 1.29 is 24.2 Å². The van der Waals surface area contributed by atoms with E-state index in [9.17, 15) is 14.7 Å². The number of hydrogen-bond acceptors (Lipinski definition) is 6. The van der Waals surface area contributed by atoms with Crippen LogP contribution in [0.3, 0.4) is 0 Å². The lowest BCUT2D eigenvalue weighted by molar-refractivity contribution is -0.154. The van der Waals surface area contributed by atoms with Crippen molar-refractivity contribution >= 4 is 11.9 Å². The smallest absolute Gasteiger partial charge is 0.326 e. The Morgan fingerprint density at radius 2 is 2.04 bits per heavy atom. The van der Waals surface area contributed by atoms with Gasteiger partial charge >= 0.3 is 11.9 Å². The first kappa shape index (κ1) is 18.3. The summed E-state index contributed by atoms with van der Waals surface area (Å²) in [6, 6.07) is 6.26. The highest BCUT2D eigenvalue weighted by atomic mass is 16.5. The van der Waals surface area contributed by atoms with Crippen LogP contribution in [0.15, 0.2) is 24.3 Å². The van der Waals surface area contributed by atoms with Gasteiger partial charge in [-0.05, 0) is 40.2 Å². The maximum atomic E-state index is 12.5. The highest BCUT2D eigenvalue weighted by Crippen LogP contribution is 2.42. The van der Waals surface area contributed by atoms with Crippen LogP contribution >= 0.6 is 0 Å². The van der Waals surface area contributed by atoms with Crippen LogP contribution in [-0.2, 0) is 19.1 Å². The van der Waals surface area contributed by atoms with E-state index in [2.05, 4.69) is 5.32 Å². The summed E-state index contributed by atoms with van der Waals surface area (Å²) in [5.41, 5.74) is -0.453. The van der Waals surface area contributed by atoms with E-state index in [4.69, 9.17) is 9.47 Å². The molecule has 3 atom stereocenters. The third kappa shape index (κ3) is 3.70. The van der Waals surface area contributed by atoms with Crippen molar-refractivity contribution in [1.82, 2.24) is 5.32 Å². The molecule has 0 bridgehead atoms. The monoisotopic (exact) mass is 335 g/mol. The Hall–Kier alpha value is -2.08. The summed E-state index contributed by atoms with van der Waals surface area (Å²) >= 11 is 0. The van der Waals surface area contributed by atoms with Gasteiger partial charge in [0.2, 0.25) is 0 Å². The second-order valence-electron chi connectivity index (χ2n) is 6.53. The van der Waals surface area contributed by atoms with Crippen LogP contribution in [0.1, 0.15) is 45.7 Å². The average molecular weight is 335 g/mol. The molecule has 0 radical (unpaired) electrons. The molecule has 1 fully saturated rings. The number of esters is 2. The third-order valence-electron chi connectivity index (χ3n) is 4.16. The summed E-state index contributed by atoms with van der Waals surface area (Å²) in [5.74, 6) is -1.31. The number of aromatic hydroxyl groups is 1. The van der Waals surface area contributed by atoms with Crippen LogP contribution in [0.25, 0.3) is 0 Å². The van der Waals surface area contributed by atoms with Gasteiger partial charge in [-0.3, -0.25) is 14.9 Å². The number of benzene rings is 1. The van der Waals surface area contributed by atoms with Crippen molar-refractivity contribution in [3.63, 3.8) is 0 Å². The van der Waals surface area contributed by atoms with Crippen molar-refractivity contribution in [2.24, 2.45) is 5.92 Å². The van der Waals surface area contributed by atoms with Gasteiger partial charge in [-0.25, -0.2) is 0 Å². The minimum absolute atomic E-state index is 0.0748. The standard InChI is InChI=1S/C18H25NO5/c1-5-23-16(21)13-10-18(4,17(22)24-11(2)3)19-15(13)12-8-6-7-9-14(12)20/h6-9,11,13,15,19-20H,5,10H2,1-4H3/t13-,15-,18-/m1/s1. The predicted octanol–water partition coefficient (Wildman–Crippen LogP) is 2.32. The SMILES string of the molecule is CCOC(=O)[C@@H]1C[C@](C)(C(=O)OC(C)C)N[C@@H]1c1ccccc1O. The van der Waals surface area contributed by atoms with E-state index in [1.165, 1.54) is 0 Å². The number of nitrogens with one attached hydrogen (secondary N) is 1. The number of carbonyl (C=O) groups excluding carboxylic acids is 2. The maximum Gasteiger partial charge on any atom is 0.326 e. The Balaban J connectivity index is 2.34. The number of phenols is 1. The molecule has 2 rings (SSSR count). The lowest BCUT2D eigenvalue weighted by Gasteiger charge is -2.25.